The van der Waals surface area contributed by atoms with Crippen molar-refractivity contribution >= 4 is 5.78 Å². The van der Waals surface area contributed by atoms with E-state index in [1.807, 2.05) is 12.1 Å². The molecule has 0 radical (unpaired) electrons. The molecule has 35 heavy (non-hydrogen) atoms. The second-order valence-corrected chi connectivity index (χ2v) is 11.3. The molecule has 0 amide bonds. The number of allylic oxidation sites excluding steroid dienone is 1. The van der Waals surface area contributed by atoms with E-state index < -0.39 is 35.5 Å². The van der Waals surface area contributed by atoms with Gasteiger partial charge in [0.2, 0.25) is 0 Å². The second-order valence-electron chi connectivity index (χ2n) is 11.3. The number of aliphatic hydroxyl groups is 2. The van der Waals surface area contributed by atoms with Crippen LogP contribution >= 0.6 is 0 Å². The minimum atomic E-state index is -5.85. The number of carbonyl (C=O) groups is 1. The van der Waals surface area contributed by atoms with Crippen molar-refractivity contribution in [2.45, 2.75) is 82.1 Å². The Morgan fingerprint density at radius 3 is 2.31 bits per heavy atom. The molecule has 0 aromatic heterocycles. The Labute approximate surface area is 201 Å². The molecular formula is C27H31F5O3. The molecular weight excluding hydrogens is 467 g/mol. The number of alkyl halides is 5. The summed E-state index contributed by atoms with van der Waals surface area (Å²) in [6.07, 6.45) is -2.28. The molecule has 192 valence electrons. The summed E-state index contributed by atoms with van der Waals surface area (Å²) in [6, 6.07) is 7.12. The average Bonchev–Trinajstić information content (AvgIpc) is 3.09. The van der Waals surface area contributed by atoms with Gasteiger partial charge in [-0.15, -0.1) is 0 Å². The third kappa shape index (κ3) is 3.45. The van der Waals surface area contributed by atoms with Crippen molar-refractivity contribution in [3.05, 3.63) is 47.0 Å². The zero-order valence-electron chi connectivity index (χ0n) is 19.6. The number of hydrogen-bond donors (Lipinski definition) is 2. The summed E-state index contributed by atoms with van der Waals surface area (Å²) >= 11 is 0. The monoisotopic (exact) mass is 498 g/mol. The number of hydrogen-bond acceptors (Lipinski definition) is 3. The first-order valence-corrected chi connectivity index (χ1v) is 12.4. The Hall–Kier alpha value is -1.80. The molecule has 8 heteroatoms. The fourth-order valence-corrected chi connectivity index (χ4v) is 8.27. The highest BCUT2D eigenvalue weighted by molar-refractivity contribution is 5.91. The third-order valence-electron chi connectivity index (χ3n) is 9.92. The minimum Gasteiger partial charge on any atom is -0.392 e. The molecule has 5 rings (SSSR count). The predicted molar refractivity (Wildman–Crippen MR) is 119 cm³/mol. The van der Waals surface area contributed by atoms with Crippen LogP contribution in [0.25, 0.3) is 0 Å². The van der Waals surface area contributed by atoms with Crippen LogP contribution < -0.4 is 0 Å². The fourth-order valence-electron chi connectivity index (χ4n) is 8.27. The Morgan fingerprint density at radius 2 is 1.69 bits per heavy atom. The van der Waals surface area contributed by atoms with Gasteiger partial charge in [-0.3, -0.25) is 4.79 Å². The van der Waals surface area contributed by atoms with E-state index >= 15 is 0 Å². The summed E-state index contributed by atoms with van der Waals surface area (Å²) in [6.45, 7) is 1.28. The molecule has 2 N–H and O–H groups in total. The average molecular weight is 499 g/mol. The Kier molecular flexibility index (Phi) is 5.76. The first kappa shape index (κ1) is 24.9. The van der Waals surface area contributed by atoms with Crippen molar-refractivity contribution in [1.82, 2.24) is 0 Å². The number of halogens is 5. The molecule has 4 aliphatic rings. The van der Waals surface area contributed by atoms with Crippen LogP contribution in [-0.4, -0.2) is 33.7 Å². The fraction of sp³-hybridized carbons (Fsp3) is 0.667. The van der Waals surface area contributed by atoms with Crippen LogP contribution in [0.1, 0.15) is 68.9 Å². The zero-order valence-corrected chi connectivity index (χ0v) is 19.6. The molecule has 0 unspecified atom stereocenters. The van der Waals surface area contributed by atoms with E-state index in [0.29, 0.717) is 31.2 Å². The summed E-state index contributed by atoms with van der Waals surface area (Å²) in [5.74, 6) is -5.98. The molecule has 7 atom stereocenters. The van der Waals surface area contributed by atoms with Crippen LogP contribution in [0, 0.1) is 29.1 Å². The van der Waals surface area contributed by atoms with Gasteiger partial charge in [-0.05, 0) is 85.3 Å². The van der Waals surface area contributed by atoms with Gasteiger partial charge in [0.15, 0.2) is 5.78 Å². The van der Waals surface area contributed by atoms with Crippen LogP contribution in [0.2, 0.25) is 0 Å². The number of benzene rings is 1. The molecule has 1 aromatic rings. The maximum atomic E-state index is 15.0. The highest BCUT2D eigenvalue weighted by Crippen LogP contribution is 2.71. The lowest BCUT2D eigenvalue weighted by Crippen LogP contribution is -2.66. The van der Waals surface area contributed by atoms with Crippen LogP contribution in [0.4, 0.5) is 22.0 Å². The number of ketones is 1. The smallest absolute Gasteiger partial charge is 0.392 e. The number of carbonyl (C=O) groups excluding carboxylic acids is 1. The van der Waals surface area contributed by atoms with Gasteiger partial charge in [0.1, 0.15) is 5.60 Å². The van der Waals surface area contributed by atoms with Crippen LogP contribution in [-0.2, 0) is 11.4 Å². The lowest BCUT2D eigenvalue weighted by atomic mass is 9.46. The van der Waals surface area contributed by atoms with Crippen molar-refractivity contribution in [3.8, 4) is 0 Å². The topological polar surface area (TPSA) is 57.5 Å². The van der Waals surface area contributed by atoms with Crippen molar-refractivity contribution in [3.63, 3.8) is 0 Å². The van der Waals surface area contributed by atoms with Crippen molar-refractivity contribution < 1.29 is 37.0 Å². The molecule has 3 nitrogen and oxygen atoms in total. The quantitative estimate of drug-likeness (QED) is 0.507. The van der Waals surface area contributed by atoms with Gasteiger partial charge in [0, 0.05) is 11.8 Å². The Bertz CT molecular complexity index is 1030. The Morgan fingerprint density at radius 1 is 1.00 bits per heavy atom. The molecule has 0 bridgehead atoms. The predicted octanol–water partition coefficient (Wildman–Crippen LogP) is 5.94. The maximum absolute atomic E-state index is 15.0. The SMILES string of the molecule is C[C@]12C[C@H](c3ccc(CO)cc3)[C@H]3[C@@H](CCC4=CC(=O)CC[C@@H]43)[C@@H]1CC[C@@]2(O)C(F)(F)C(F)(F)F. The molecule has 0 aliphatic heterocycles. The van der Waals surface area contributed by atoms with Gasteiger partial charge >= 0.3 is 12.1 Å². The lowest BCUT2D eigenvalue weighted by Gasteiger charge is -2.59. The van der Waals surface area contributed by atoms with Crippen molar-refractivity contribution in [1.29, 1.82) is 0 Å². The van der Waals surface area contributed by atoms with Gasteiger partial charge in [-0.25, -0.2) is 0 Å². The molecule has 3 fully saturated rings. The lowest BCUT2D eigenvalue weighted by molar-refractivity contribution is -0.364. The minimum absolute atomic E-state index is 0.00279. The standard InChI is InChI=1S/C27H31F5O3/c1-24-13-21(16-4-2-15(14-33)3-5-16)23-19-9-7-18(34)12-17(19)6-8-20(23)22(24)10-11-25(24,35)26(28,29)27(30,31)32/h2-5,12,19-23,33,35H,6-11,13-14H2,1H3/t19-,20-,21+,22-,23+,24-,25-/m0/s1. The molecule has 0 heterocycles. The molecule has 0 spiro atoms. The third-order valence-corrected chi connectivity index (χ3v) is 9.92. The summed E-state index contributed by atoms with van der Waals surface area (Å²) in [5.41, 5.74) is -2.25. The van der Waals surface area contributed by atoms with E-state index in [1.165, 1.54) is 6.92 Å². The van der Waals surface area contributed by atoms with Gasteiger partial charge in [0.25, 0.3) is 0 Å². The van der Waals surface area contributed by atoms with E-state index in [9.17, 15) is 37.0 Å². The van der Waals surface area contributed by atoms with Crippen LogP contribution in [0.3, 0.4) is 0 Å². The normalized spacial score (nSPS) is 39.5. The van der Waals surface area contributed by atoms with E-state index in [4.69, 9.17) is 0 Å². The van der Waals surface area contributed by atoms with Gasteiger partial charge in [0.05, 0.1) is 6.61 Å². The van der Waals surface area contributed by atoms with Crippen LogP contribution in [0.5, 0.6) is 0 Å². The summed E-state index contributed by atoms with van der Waals surface area (Å²) in [7, 11) is 0. The highest BCUT2D eigenvalue weighted by atomic mass is 19.4. The number of fused-ring (bicyclic) bond motifs is 5. The Balaban J connectivity index is 1.63. The van der Waals surface area contributed by atoms with Gasteiger partial charge < -0.3 is 10.2 Å². The first-order valence-electron chi connectivity index (χ1n) is 12.4. The van der Waals surface area contributed by atoms with Gasteiger partial charge in [-0.1, -0.05) is 36.8 Å². The van der Waals surface area contributed by atoms with Crippen molar-refractivity contribution in [2.24, 2.45) is 29.1 Å². The van der Waals surface area contributed by atoms with Crippen LogP contribution in [0.15, 0.2) is 35.9 Å². The van der Waals surface area contributed by atoms with E-state index in [0.717, 1.165) is 11.1 Å². The molecule has 4 aliphatic carbocycles. The molecule has 3 saturated carbocycles. The summed E-state index contributed by atoms with van der Waals surface area (Å²) in [5, 5.41) is 20.7. The molecule has 0 saturated heterocycles. The highest BCUT2D eigenvalue weighted by Gasteiger charge is 2.79. The second kappa shape index (κ2) is 8.10. The maximum Gasteiger partial charge on any atom is 0.456 e. The van der Waals surface area contributed by atoms with E-state index in [1.54, 1.807) is 18.2 Å². The van der Waals surface area contributed by atoms with Crippen molar-refractivity contribution in [2.75, 3.05) is 0 Å². The molecule has 1 aromatic carbocycles. The van der Waals surface area contributed by atoms with E-state index in [2.05, 4.69) is 0 Å². The zero-order chi connectivity index (χ0) is 25.4. The summed E-state index contributed by atoms with van der Waals surface area (Å²) < 4.78 is 70.6. The first-order chi connectivity index (χ1) is 16.3. The number of aliphatic hydroxyl groups excluding tert-OH is 1. The van der Waals surface area contributed by atoms with Gasteiger partial charge in [-0.2, -0.15) is 22.0 Å². The van der Waals surface area contributed by atoms with E-state index in [-0.39, 0.29) is 48.9 Å². The summed E-state index contributed by atoms with van der Waals surface area (Å²) in [4.78, 5) is 12.1. The number of rotatable bonds is 3. The largest absolute Gasteiger partial charge is 0.456 e.